The number of carbonyl (C=O) groups is 1. The summed E-state index contributed by atoms with van der Waals surface area (Å²) in [5, 5.41) is 0. The van der Waals surface area contributed by atoms with E-state index in [9.17, 15) is 4.79 Å². The van der Waals surface area contributed by atoms with E-state index >= 15 is 0 Å². The Labute approximate surface area is 125 Å². The van der Waals surface area contributed by atoms with Crippen LogP contribution in [-0.2, 0) is 0 Å². The molecule has 1 fully saturated rings. The molecular formula is C16H22N2O3. The number of ether oxygens (including phenoxy) is 2. The number of fused-ring (bicyclic) bond motifs is 1. The molecular weight excluding hydrogens is 268 g/mol. The summed E-state index contributed by atoms with van der Waals surface area (Å²) in [6, 6.07) is 5.59. The number of nitrogens with two attached hydrogens (primary N) is 1. The third kappa shape index (κ3) is 2.70. The van der Waals surface area contributed by atoms with Crippen LogP contribution in [0, 0.1) is 5.92 Å². The summed E-state index contributed by atoms with van der Waals surface area (Å²) >= 11 is 0. The summed E-state index contributed by atoms with van der Waals surface area (Å²) in [6.45, 7) is 4.48. The van der Waals surface area contributed by atoms with Gasteiger partial charge in [-0.1, -0.05) is 13.0 Å². The Morgan fingerprint density at radius 3 is 3.00 bits per heavy atom. The Morgan fingerprint density at radius 1 is 1.38 bits per heavy atom. The molecule has 3 rings (SSSR count). The van der Waals surface area contributed by atoms with Gasteiger partial charge in [0.25, 0.3) is 5.91 Å². The summed E-state index contributed by atoms with van der Waals surface area (Å²) in [4.78, 5) is 14.8. The van der Waals surface area contributed by atoms with Crippen LogP contribution >= 0.6 is 0 Å². The van der Waals surface area contributed by atoms with Crippen molar-refractivity contribution in [2.24, 2.45) is 11.7 Å². The highest BCUT2D eigenvalue weighted by atomic mass is 16.6. The molecule has 2 aliphatic rings. The molecule has 2 heterocycles. The van der Waals surface area contributed by atoms with E-state index < -0.39 is 0 Å². The Kier molecular flexibility index (Phi) is 4.01. The van der Waals surface area contributed by atoms with Crippen LogP contribution in [0.2, 0.25) is 0 Å². The van der Waals surface area contributed by atoms with Crippen LogP contribution in [0.5, 0.6) is 11.5 Å². The molecule has 1 saturated heterocycles. The van der Waals surface area contributed by atoms with Crippen molar-refractivity contribution >= 4 is 5.91 Å². The molecule has 0 aliphatic carbocycles. The van der Waals surface area contributed by atoms with Crippen molar-refractivity contribution in [3.63, 3.8) is 0 Å². The van der Waals surface area contributed by atoms with Gasteiger partial charge in [0, 0.05) is 19.1 Å². The molecule has 114 valence electrons. The lowest BCUT2D eigenvalue weighted by Crippen LogP contribution is -2.49. The van der Waals surface area contributed by atoms with E-state index in [0.717, 1.165) is 19.4 Å². The predicted octanol–water partition coefficient (Wildman–Crippen LogP) is 1.66. The van der Waals surface area contributed by atoms with Gasteiger partial charge in [-0.05, 0) is 30.9 Å². The lowest BCUT2D eigenvalue weighted by molar-refractivity contribution is 0.0564. The second kappa shape index (κ2) is 5.93. The number of hydrogen-bond donors (Lipinski definition) is 1. The van der Waals surface area contributed by atoms with E-state index in [0.29, 0.717) is 42.7 Å². The van der Waals surface area contributed by atoms with E-state index in [1.54, 1.807) is 0 Å². The van der Waals surface area contributed by atoms with Crippen LogP contribution in [-0.4, -0.2) is 43.2 Å². The van der Waals surface area contributed by atoms with Crippen molar-refractivity contribution in [1.82, 2.24) is 4.90 Å². The number of benzene rings is 1. The SMILES string of the molecule is CC1CCN(C(=O)c2cccc3c2OCCO3)C(CN)C1. The predicted molar refractivity (Wildman–Crippen MR) is 79.7 cm³/mol. The van der Waals surface area contributed by atoms with Crippen LogP contribution in [0.1, 0.15) is 30.1 Å². The molecule has 1 aromatic carbocycles. The molecule has 2 N–H and O–H groups in total. The molecule has 2 aliphatic heterocycles. The molecule has 0 aromatic heterocycles. The van der Waals surface area contributed by atoms with Crippen molar-refractivity contribution in [3.8, 4) is 11.5 Å². The summed E-state index contributed by atoms with van der Waals surface area (Å²) < 4.78 is 11.2. The molecule has 1 aromatic rings. The Hall–Kier alpha value is -1.75. The van der Waals surface area contributed by atoms with E-state index in [-0.39, 0.29) is 11.9 Å². The van der Waals surface area contributed by atoms with Gasteiger partial charge in [0.05, 0.1) is 5.56 Å². The molecule has 0 radical (unpaired) electrons. The normalized spacial score (nSPS) is 24.8. The van der Waals surface area contributed by atoms with Gasteiger partial charge in [-0.2, -0.15) is 0 Å². The highest BCUT2D eigenvalue weighted by Crippen LogP contribution is 2.35. The van der Waals surface area contributed by atoms with Gasteiger partial charge in [-0.3, -0.25) is 4.79 Å². The zero-order valence-corrected chi connectivity index (χ0v) is 12.4. The minimum absolute atomic E-state index is 0.000278. The number of amides is 1. The Balaban J connectivity index is 1.88. The van der Waals surface area contributed by atoms with Crippen LogP contribution in [0.15, 0.2) is 18.2 Å². The molecule has 2 atom stereocenters. The summed E-state index contributed by atoms with van der Waals surface area (Å²) in [6.07, 6.45) is 1.99. The fourth-order valence-electron chi connectivity index (χ4n) is 3.14. The van der Waals surface area contributed by atoms with Crippen LogP contribution in [0.25, 0.3) is 0 Å². The zero-order valence-electron chi connectivity index (χ0n) is 12.4. The second-order valence-electron chi connectivity index (χ2n) is 5.85. The smallest absolute Gasteiger partial charge is 0.258 e. The highest BCUT2D eigenvalue weighted by Gasteiger charge is 2.32. The number of carbonyl (C=O) groups excluding carboxylic acids is 1. The molecule has 2 unspecified atom stereocenters. The summed E-state index contributed by atoms with van der Waals surface area (Å²) in [5.74, 6) is 1.84. The zero-order chi connectivity index (χ0) is 14.8. The fraction of sp³-hybridized carbons (Fsp3) is 0.562. The lowest BCUT2D eigenvalue weighted by atomic mass is 9.91. The van der Waals surface area contributed by atoms with Gasteiger partial charge in [0.1, 0.15) is 13.2 Å². The first kappa shape index (κ1) is 14.2. The monoisotopic (exact) mass is 290 g/mol. The molecule has 0 spiro atoms. The van der Waals surface area contributed by atoms with Crippen LogP contribution in [0.3, 0.4) is 0 Å². The van der Waals surface area contributed by atoms with Gasteiger partial charge in [-0.15, -0.1) is 0 Å². The van der Waals surface area contributed by atoms with Gasteiger partial charge < -0.3 is 20.1 Å². The van der Waals surface area contributed by atoms with Crippen LogP contribution < -0.4 is 15.2 Å². The van der Waals surface area contributed by atoms with Gasteiger partial charge in [-0.25, -0.2) is 0 Å². The number of nitrogens with zero attached hydrogens (tertiary/aromatic N) is 1. The van der Waals surface area contributed by atoms with Gasteiger partial charge in [0.15, 0.2) is 11.5 Å². The first-order valence-corrected chi connectivity index (χ1v) is 7.60. The maximum absolute atomic E-state index is 12.9. The average Bonchev–Trinajstić information content (AvgIpc) is 2.53. The Morgan fingerprint density at radius 2 is 2.19 bits per heavy atom. The summed E-state index contributed by atoms with van der Waals surface area (Å²) in [5.41, 5.74) is 6.44. The van der Waals surface area contributed by atoms with Gasteiger partial charge >= 0.3 is 0 Å². The number of hydrogen-bond acceptors (Lipinski definition) is 4. The number of likely N-dealkylation sites (tertiary alicyclic amines) is 1. The fourth-order valence-corrected chi connectivity index (χ4v) is 3.14. The van der Waals surface area contributed by atoms with E-state index in [2.05, 4.69) is 6.92 Å². The van der Waals surface area contributed by atoms with Crippen molar-refractivity contribution in [1.29, 1.82) is 0 Å². The van der Waals surface area contributed by atoms with Crippen molar-refractivity contribution in [3.05, 3.63) is 23.8 Å². The van der Waals surface area contributed by atoms with E-state index in [1.807, 2.05) is 23.1 Å². The lowest BCUT2D eigenvalue weighted by Gasteiger charge is -2.38. The largest absolute Gasteiger partial charge is 0.486 e. The third-order valence-electron chi connectivity index (χ3n) is 4.31. The van der Waals surface area contributed by atoms with Crippen molar-refractivity contribution in [2.75, 3.05) is 26.3 Å². The molecule has 5 heteroatoms. The van der Waals surface area contributed by atoms with Crippen LogP contribution in [0.4, 0.5) is 0 Å². The molecule has 0 bridgehead atoms. The first-order valence-electron chi connectivity index (χ1n) is 7.60. The first-order chi connectivity index (χ1) is 10.2. The summed E-state index contributed by atoms with van der Waals surface area (Å²) in [7, 11) is 0. The molecule has 5 nitrogen and oxygen atoms in total. The maximum Gasteiger partial charge on any atom is 0.258 e. The third-order valence-corrected chi connectivity index (χ3v) is 4.31. The van der Waals surface area contributed by atoms with Gasteiger partial charge in [0.2, 0.25) is 0 Å². The second-order valence-corrected chi connectivity index (χ2v) is 5.85. The maximum atomic E-state index is 12.9. The molecule has 21 heavy (non-hydrogen) atoms. The van der Waals surface area contributed by atoms with Crippen molar-refractivity contribution < 1.29 is 14.3 Å². The van der Waals surface area contributed by atoms with E-state index in [1.165, 1.54) is 0 Å². The number of para-hydroxylation sites is 1. The molecule has 0 saturated carbocycles. The quantitative estimate of drug-likeness (QED) is 0.899. The minimum Gasteiger partial charge on any atom is -0.486 e. The topological polar surface area (TPSA) is 64.8 Å². The average molecular weight is 290 g/mol. The standard InChI is InChI=1S/C16H22N2O3/c1-11-5-6-18(12(9-11)10-17)16(19)13-3-2-4-14-15(13)21-8-7-20-14/h2-4,11-12H,5-10,17H2,1H3. The van der Waals surface area contributed by atoms with E-state index in [4.69, 9.17) is 15.2 Å². The Bertz CT molecular complexity index is 532. The highest BCUT2D eigenvalue weighted by molar-refractivity contribution is 5.98. The minimum atomic E-state index is -0.000278. The molecule has 1 amide bonds. The number of rotatable bonds is 2. The number of piperidine rings is 1. The van der Waals surface area contributed by atoms with Crippen molar-refractivity contribution in [2.45, 2.75) is 25.8 Å².